The van der Waals surface area contributed by atoms with E-state index >= 15 is 0 Å². The van der Waals surface area contributed by atoms with E-state index in [-0.39, 0.29) is 17.2 Å². The van der Waals surface area contributed by atoms with Gasteiger partial charge in [-0.2, -0.15) is 5.10 Å². The van der Waals surface area contributed by atoms with Crippen LogP contribution in [-0.4, -0.2) is 17.5 Å². The molecule has 0 atom stereocenters. The van der Waals surface area contributed by atoms with Crippen LogP contribution in [0.3, 0.4) is 0 Å². The van der Waals surface area contributed by atoms with Crippen LogP contribution in [-0.2, 0) is 5.41 Å². The number of carbonyl (C=O) groups is 2. The summed E-state index contributed by atoms with van der Waals surface area (Å²) in [6.07, 6.45) is 0. The van der Waals surface area contributed by atoms with E-state index in [0.717, 1.165) is 11.1 Å². The average Bonchev–Trinajstić information content (AvgIpc) is 2.77. The van der Waals surface area contributed by atoms with Crippen molar-refractivity contribution in [3.63, 3.8) is 0 Å². The second-order valence-corrected chi connectivity index (χ2v) is 8.94. The lowest BCUT2D eigenvalue weighted by molar-refractivity contribution is 0.0954. The van der Waals surface area contributed by atoms with Crippen LogP contribution in [0.1, 0.15) is 59.5 Å². The van der Waals surface area contributed by atoms with Crippen molar-refractivity contribution in [1.29, 1.82) is 0 Å². The molecule has 0 heterocycles. The summed E-state index contributed by atoms with van der Waals surface area (Å²) in [6.45, 7) is 8.20. The minimum atomic E-state index is -0.267. The Labute approximate surface area is 193 Å². The Morgan fingerprint density at radius 2 is 1.25 bits per heavy atom. The van der Waals surface area contributed by atoms with Gasteiger partial charge in [0.25, 0.3) is 11.8 Å². The highest BCUT2D eigenvalue weighted by Crippen LogP contribution is 2.22. The van der Waals surface area contributed by atoms with Crippen molar-refractivity contribution < 1.29 is 9.59 Å². The van der Waals surface area contributed by atoms with Gasteiger partial charge in [-0.05, 0) is 72.0 Å². The summed E-state index contributed by atoms with van der Waals surface area (Å²) < 4.78 is 0. The van der Waals surface area contributed by atoms with Crippen LogP contribution in [0.15, 0.2) is 77.9 Å². The number of benzene rings is 3. The molecule has 2 amide bonds. The second kappa shape index (κ2) is 9.79. The number of anilines is 1. The van der Waals surface area contributed by atoms with E-state index in [1.807, 2.05) is 31.2 Å². The van der Waals surface area contributed by atoms with E-state index in [1.54, 1.807) is 48.5 Å². The molecule has 3 rings (SSSR count). The van der Waals surface area contributed by atoms with E-state index in [0.29, 0.717) is 27.5 Å². The molecule has 0 unspecified atom stereocenters. The fourth-order valence-corrected chi connectivity index (χ4v) is 3.11. The van der Waals surface area contributed by atoms with Crippen molar-refractivity contribution in [2.24, 2.45) is 5.10 Å². The predicted molar refractivity (Wildman–Crippen MR) is 131 cm³/mol. The molecule has 0 aliphatic carbocycles. The maximum absolute atomic E-state index is 12.4. The third kappa shape index (κ3) is 6.05. The van der Waals surface area contributed by atoms with Gasteiger partial charge < -0.3 is 5.32 Å². The van der Waals surface area contributed by atoms with Gasteiger partial charge in [-0.3, -0.25) is 9.59 Å². The summed E-state index contributed by atoms with van der Waals surface area (Å²) in [7, 11) is 0. The molecule has 3 aromatic rings. The van der Waals surface area contributed by atoms with Crippen molar-refractivity contribution in [1.82, 2.24) is 5.43 Å². The number of hydrogen-bond acceptors (Lipinski definition) is 3. The highest BCUT2D eigenvalue weighted by atomic mass is 35.5. The van der Waals surface area contributed by atoms with Gasteiger partial charge in [0, 0.05) is 21.8 Å². The fourth-order valence-electron chi connectivity index (χ4n) is 2.98. The van der Waals surface area contributed by atoms with Crippen LogP contribution in [0.4, 0.5) is 5.69 Å². The van der Waals surface area contributed by atoms with Gasteiger partial charge in [-0.1, -0.05) is 56.6 Å². The molecule has 0 saturated heterocycles. The number of halogens is 1. The topological polar surface area (TPSA) is 70.6 Å². The molecular formula is C26H26ClN3O2. The third-order valence-electron chi connectivity index (χ3n) is 5.01. The van der Waals surface area contributed by atoms with Crippen LogP contribution in [0.5, 0.6) is 0 Å². The zero-order chi connectivity index (χ0) is 23.3. The van der Waals surface area contributed by atoms with E-state index in [1.165, 1.54) is 0 Å². The van der Waals surface area contributed by atoms with Crippen LogP contribution in [0.25, 0.3) is 0 Å². The number of hydrazone groups is 1. The number of nitrogens with one attached hydrogen (secondary N) is 2. The average molecular weight is 448 g/mol. The van der Waals surface area contributed by atoms with Gasteiger partial charge in [0.2, 0.25) is 0 Å². The Morgan fingerprint density at radius 1 is 0.750 bits per heavy atom. The largest absolute Gasteiger partial charge is 0.322 e. The lowest BCUT2D eigenvalue weighted by Crippen LogP contribution is -2.20. The molecule has 0 aliphatic heterocycles. The highest BCUT2D eigenvalue weighted by Gasteiger charge is 2.14. The monoisotopic (exact) mass is 447 g/mol. The molecular weight excluding hydrogens is 422 g/mol. The first-order valence-corrected chi connectivity index (χ1v) is 10.6. The summed E-state index contributed by atoms with van der Waals surface area (Å²) in [5.41, 5.74) is 7.01. The molecule has 32 heavy (non-hydrogen) atoms. The SMILES string of the molecule is CC(=NNC(=O)c1ccc(C(C)(C)C)cc1)c1ccc(NC(=O)c2ccc(Cl)cc2)cc1. The van der Waals surface area contributed by atoms with E-state index in [4.69, 9.17) is 11.6 Å². The molecule has 3 aromatic carbocycles. The van der Waals surface area contributed by atoms with E-state index < -0.39 is 0 Å². The van der Waals surface area contributed by atoms with Crippen LogP contribution in [0.2, 0.25) is 5.02 Å². The predicted octanol–water partition coefficient (Wildman–Crippen LogP) is 6.04. The quantitative estimate of drug-likeness (QED) is 0.369. The maximum Gasteiger partial charge on any atom is 0.271 e. The molecule has 0 aromatic heterocycles. The van der Waals surface area contributed by atoms with Crippen molar-refractivity contribution in [2.45, 2.75) is 33.1 Å². The summed E-state index contributed by atoms with van der Waals surface area (Å²) >= 11 is 5.86. The second-order valence-electron chi connectivity index (χ2n) is 8.50. The minimum Gasteiger partial charge on any atom is -0.322 e. The lowest BCUT2D eigenvalue weighted by atomic mass is 9.87. The van der Waals surface area contributed by atoms with Crippen LogP contribution >= 0.6 is 11.6 Å². The molecule has 0 saturated carbocycles. The molecule has 2 N–H and O–H groups in total. The normalized spacial score (nSPS) is 11.7. The molecule has 5 nitrogen and oxygen atoms in total. The summed E-state index contributed by atoms with van der Waals surface area (Å²) in [6, 6.07) is 21.5. The number of hydrogen-bond donors (Lipinski definition) is 2. The Hall–Kier alpha value is -3.44. The van der Waals surface area contributed by atoms with Gasteiger partial charge in [0.1, 0.15) is 0 Å². The van der Waals surface area contributed by atoms with Gasteiger partial charge in [0.15, 0.2) is 0 Å². The lowest BCUT2D eigenvalue weighted by Gasteiger charge is -2.18. The van der Waals surface area contributed by atoms with Crippen LogP contribution < -0.4 is 10.7 Å². The Bertz CT molecular complexity index is 1130. The number of rotatable bonds is 5. The molecule has 6 heteroatoms. The molecule has 0 fully saturated rings. The summed E-state index contributed by atoms with van der Waals surface area (Å²) in [5.74, 6) is -0.485. The van der Waals surface area contributed by atoms with Crippen molar-refractivity contribution in [3.8, 4) is 0 Å². The Kier molecular flexibility index (Phi) is 7.11. The van der Waals surface area contributed by atoms with Gasteiger partial charge in [-0.25, -0.2) is 5.43 Å². The molecule has 0 spiro atoms. The molecule has 0 aliphatic rings. The van der Waals surface area contributed by atoms with Gasteiger partial charge >= 0.3 is 0 Å². The number of amides is 2. The van der Waals surface area contributed by atoms with Gasteiger partial charge in [-0.15, -0.1) is 0 Å². The van der Waals surface area contributed by atoms with E-state index in [2.05, 4.69) is 36.6 Å². The first kappa shape index (κ1) is 23.2. The zero-order valence-corrected chi connectivity index (χ0v) is 19.3. The summed E-state index contributed by atoms with van der Waals surface area (Å²) in [5, 5.41) is 7.62. The first-order valence-electron chi connectivity index (χ1n) is 10.3. The Balaban J connectivity index is 1.61. The van der Waals surface area contributed by atoms with Crippen molar-refractivity contribution in [2.75, 3.05) is 5.32 Å². The number of carbonyl (C=O) groups excluding carboxylic acids is 2. The third-order valence-corrected chi connectivity index (χ3v) is 5.26. The highest BCUT2D eigenvalue weighted by molar-refractivity contribution is 6.30. The van der Waals surface area contributed by atoms with E-state index in [9.17, 15) is 9.59 Å². The minimum absolute atomic E-state index is 0.0319. The van der Waals surface area contributed by atoms with Crippen molar-refractivity contribution in [3.05, 3.63) is 100 Å². The summed E-state index contributed by atoms with van der Waals surface area (Å²) in [4.78, 5) is 24.7. The van der Waals surface area contributed by atoms with Crippen LogP contribution in [0, 0.1) is 0 Å². The number of nitrogens with zero attached hydrogens (tertiary/aromatic N) is 1. The first-order chi connectivity index (χ1) is 15.1. The van der Waals surface area contributed by atoms with Crippen molar-refractivity contribution >= 4 is 34.8 Å². The fraction of sp³-hybridized carbons (Fsp3) is 0.192. The zero-order valence-electron chi connectivity index (χ0n) is 18.6. The molecule has 164 valence electrons. The maximum atomic E-state index is 12.4. The smallest absolute Gasteiger partial charge is 0.271 e. The van der Waals surface area contributed by atoms with Gasteiger partial charge in [0.05, 0.1) is 5.71 Å². The Morgan fingerprint density at radius 3 is 1.81 bits per heavy atom. The standard InChI is InChI=1S/C26H26ClN3O2/c1-17(29-30-25(32)20-5-11-21(12-6-20)26(2,3)4)18-9-15-23(16-10-18)28-24(31)19-7-13-22(27)14-8-19/h5-16H,1-4H3,(H,28,31)(H,30,32). The molecule has 0 radical (unpaired) electrons. The molecule has 0 bridgehead atoms.